The molecule has 16 aromatic rings. The number of aromatic nitrogens is 1. The van der Waals surface area contributed by atoms with Crippen molar-refractivity contribution >= 4 is 96.1 Å². The van der Waals surface area contributed by atoms with Crippen LogP contribution in [-0.2, 0) is 0 Å². The molecular weight excluding hydrogens is 1150 g/mol. The molecule has 0 atom stereocenters. The van der Waals surface area contributed by atoms with Crippen LogP contribution in [0.2, 0.25) is 0 Å². The smallest absolute Gasteiger partial charge is 0.252 e. The van der Waals surface area contributed by atoms with E-state index in [1.165, 1.54) is 32.7 Å². The van der Waals surface area contributed by atoms with Gasteiger partial charge in [0.2, 0.25) is 0 Å². The summed E-state index contributed by atoms with van der Waals surface area (Å²) < 4.78 is 2.51. The van der Waals surface area contributed by atoms with Crippen molar-refractivity contribution in [2.24, 2.45) is 0 Å². The first-order chi connectivity index (χ1) is 47.2. The van der Waals surface area contributed by atoms with Crippen molar-refractivity contribution in [3.8, 4) is 72.4 Å². The summed E-state index contributed by atoms with van der Waals surface area (Å²) in [6, 6.07) is 137. The second kappa shape index (κ2) is 23.4. The highest BCUT2D eigenvalue weighted by molar-refractivity contribution is 7.00. The number of rotatable bonds is 12. The molecule has 2 aliphatic rings. The molecular formula is C90H61BN4. The molecule has 0 saturated carbocycles. The van der Waals surface area contributed by atoms with Crippen LogP contribution in [-0.4, -0.2) is 11.3 Å². The highest BCUT2D eigenvalue weighted by Gasteiger charge is 2.47. The average molecular weight is 1210 g/mol. The van der Waals surface area contributed by atoms with E-state index in [9.17, 15) is 0 Å². The lowest BCUT2D eigenvalue weighted by molar-refractivity contribution is 1.18. The summed E-state index contributed by atoms with van der Waals surface area (Å²) >= 11 is 0. The predicted octanol–water partition coefficient (Wildman–Crippen LogP) is 22.3. The van der Waals surface area contributed by atoms with Crippen molar-refractivity contribution in [3.63, 3.8) is 0 Å². The Hall–Kier alpha value is -12.4. The Morgan fingerprint density at radius 3 is 1.16 bits per heavy atom. The van der Waals surface area contributed by atoms with Gasteiger partial charge in [0.15, 0.2) is 0 Å². The van der Waals surface area contributed by atoms with Crippen LogP contribution >= 0.6 is 0 Å². The molecule has 0 amide bonds. The zero-order valence-corrected chi connectivity index (χ0v) is 52.1. The average Bonchev–Trinajstić information content (AvgIpc) is 1.63. The van der Waals surface area contributed by atoms with Crippen molar-refractivity contribution < 1.29 is 0 Å². The largest absolute Gasteiger partial charge is 0.310 e. The molecule has 4 nitrogen and oxygen atoms in total. The SMILES string of the molecule is c1ccc(-c2cccc(-n3c4ccccc4c4c5c(ccc43)B3c4cc(-c6ccccc6)ccc4N(c4c(-c6ccccc6)cccc4-c4ccccc4)c4cc(N(c6ccccc6)c6ccccc6)cc(c43)N5c3c(-c4ccccc4)cccc3-c3ccccc3)c2)cc1. The van der Waals surface area contributed by atoms with Gasteiger partial charge >= 0.3 is 0 Å². The van der Waals surface area contributed by atoms with E-state index in [0.717, 1.165) is 129 Å². The molecule has 18 rings (SSSR count). The highest BCUT2D eigenvalue weighted by Crippen LogP contribution is 2.56. The molecule has 2 aliphatic heterocycles. The topological polar surface area (TPSA) is 14.7 Å². The number of nitrogens with zero attached hydrogens (tertiary/aromatic N) is 4. The van der Waals surface area contributed by atoms with Crippen molar-refractivity contribution in [3.05, 3.63) is 370 Å². The van der Waals surface area contributed by atoms with Crippen molar-refractivity contribution in [1.82, 2.24) is 4.57 Å². The Labute approximate surface area is 554 Å². The van der Waals surface area contributed by atoms with Gasteiger partial charge in [0.25, 0.3) is 6.71 Å². The van der Waals surface area contributed by atoms with Crippen LogP contribution in [0, 0.1) is 0 Å². The van der Waals surface area contributed by atoms with Gasteiger partial charge in [-0.05, 0) is 128 Å². The second-order valence-electron chi connectivity index (χ2n) is 24.7. The summed E-state index contributed by atoms with van der Waals surface area (Å²) in [6.07, 6.45) is 0. The van der Waals surface area contributed by atoms with Crippen molar-refractivity contribution in [2.45, 2.75) is 0 Å². The molecule has 0 fully saturated rings. The Balaban J connectivity index is 1.05. The van der Waals surface area contributed by atoms with Gasteiger partial charge in [-0.2, -0.15) is 0 Å². The Morgan fingerprint density at radius 2 is 0.653 bits per heavy atom. The normalized spacial score (nSPS) is 12.1. The van der Waals surface area contributed by atoms with E-state index < -0.39 is 0 Å². The number of fused-ring (bicyclic) bond motifs is 8. The summed E-state index contributed by atoms with van der Waals surface area (Å²) in [7, 11) is 0. The van der Waals surface area contributed by atoms with E-state index >= 15 is 0 Å². The fraction of sp³-hybridized carbons (Fsp3) is 0. The minimum Gasteiger partial charge on any atom is -0.310 e. The molecule has 0 unspecified atom stereocenters. The van der Waals surface area contributed by atoms with Crippen molar-refractivity contribution in [1.29, 1.82) is 0 Å². The standard InChI is InChI=1S/C90H61BN4/c1-9-30-62(31-10-1)68-42-27-47-72(58-68)93-81-53-26-25-48-78(81)86-83(93)57-55-79-90(86)95(89-76(66-38-17-5-18-39-66)51-29-52-77(89)67-40-19-6-20-41-67)85-61-73(92(70-43-21-7-22-44-70)71-45-23-8-24-46-71)60-84-87(85)91(79)80-59-69(63-32-11-2-12-33-63)54-56-82(80)94(84)88-74(64-34-13-3-14-35-64)49-28-50-75(88)65-36-15-4-16-37-65/h1-61H. The number of hydrogen-bond acceptors (Lipinski definition) is 3. The molecule has 15 aromatic carbocycles. The lowest BCUT2D eigenvalue weighted by atomic mass is 9.33. The Kier molecular flexibility index (Phi) is 13.6. The van der Waals surface area contributed by atoms with Gasteiger partial charge in [0.1, 0.15) is 0 Å². The lowest BCUT2D eigenvalue weighted by Gasteiger charge is -2.46. The molecule has 0 spiro atoms. The highest BCUT2D eigenvalue weighted by atomic mass is 15.2. The summed E-state index contributed by atoms with van der Waals surface area (Å²) in [4.78, 5) is 7.83. The fourth-order valence-corrected chi connectivity index (χ4v) is 15.2. The monoisotopic (exact) mass is 1210 g/mol. The van der Waals surface area contributed by atoms with Gasteiger partial charge in [-0.15, -0.1) is 0 Å². The number of para-hydroxylation sites is 5. The third-order valence-electron chi connectivity index (χ3n) is 19.3. The zero-order chi connectivity index (χ0) is 62.8. The predicted molar refractivity (Wildman–Crippen MR) is 402 cm³/mol. The number of benzene rings is 15. The van der Waals surface area contributed by atoms with Gasteiger partial charge in [-0.25, -0.2) is 0 Å². The summed E-state index contributed by atoms with van der Waals surface area (Å²) in [5.41, 5.74) is 30.4. The zero-order valence-electron chi connectivity index (χ0n) is 52.1. The van der Waals surface area contributed by atoms with E-state index in [2.05, 4.69) is 389 Å². The van der Waals surface area contributed by atoms with Gasteiger partial charge in [-0.1, -0.05) is 303 Å². The Morgan fingerprint density at radius 1 is 0.242 bits per heavy atom. The van der Waals surface area contributed by atoms with Gasteiger partial charge in [0, 0.05) is 67.2 Å². The quantitative estimate of drug-likeness (QED) is 0.113. The van der Waals surface area contributed by atoms with Crippen LogP contribution in [0.15, 0.2) is 370 Å². The molecule has 0 radical (unpaired) electrons. The summed E-state index contributed by atoms with van der Waals surface area (Å²) in [6.45, 7) is -0.279. The molecule has 444 valence electrons. The van der Waals surface area contributed by atoms with Gasteiger partial charge in [-0.3, -0.25) is 0 Å². The first-order valence-electron chi connectivity index (χ1n) is 32.8. The van der Waals surface area contributed by atoms with Gasteiger partial charge in [0.05, 0.1) is 33.8 Å². The molecule has 95 heavy (non-hydrogen) atoms. The minimum atomic E-state index is -0.279. The summed E-state index contributed by atoms with van der Waals surface area (Å²) in [5, 5.41) is 2.34. The maximum atomic E-state index is 2.72. The molecule has 0 aliphatic carbocycles. The van der Waals surface area contributed by atoms with Crippen LogP contribution in [0.3, 0.4) is 0 Å². The van der Waals surface area contributed by atoms with Crippen LogP contribution in [0.4, 0.5) is 51.2 Å². The van der Waals surface area contributed by atoms with Crippen LogP contribution in [0.1, 0.15) is 0 Å². The maximum absolute atomic E-state index is 2.72. The van der Waals surface area contributed by atoms with E-state index in [1.54, 1.807) is 0 Å². The first kappa shape index (κ1) is 55.4. The molecule has 5 heteroatoms. The lowest BCUT2D eigenvalue weighted by Crippen LogP contribution is -2.61. The molecule has 3 heterocycles. The van der Waals surface area contributed by atoms with Crippen LogP contribution in [0.25, 0.3) is 94.3 Å². The summed E-state index contributed by atoms with van der Waals surface area (Å²) in [5.74, 6) is 0. The minimum absolute atomic E-state index is 0.279. The second-order valence-corrected chi connectivity index (χ2v) is 24.7. The van der Waals surface area contributed by atoms with Crippen LogP contribution in [0.5, 0.6) is 0 Å². The third kappa shape index (κ3) is 9.38. The van der Waals surface area contributed by atoms with E-state index in [0.29, 0.717) is 0 Å². The molecule has 0 bridgehead atoms. The number of hydrogen-bond donors (Lipinski definition) is 0. The molecule has 0 N–H and O–H groups in total. The third-order valence-corrected chi connectivity index (χ3v) is 19.3. The molecule has 1 aromatic heterocycles. The molecule has 0 saturated heterocycles. The van der Waals surface area contributed by atoms with Crippen molar-refractivity contribution in [2.75, 3.05) is 14.7 Å². The fourth-order valence-electron chi connectivity index (χ4n) is 15.2. The number of anilines is 9. The van der Waals surface area contributed by atoms with E-state index in [1.807, 2.05) is 0 Å². The van der Waals surface area contributed by atoms with E-state index in [4.69, 9.17) is 0 Å². The Bertz CT molecular complexity index is 5370. The first-order valence-corrected chi connectivity index (χ1v) is 32.8. The van der Waals surface area contributed by atoms with Crippen LogP contribution < -0.4 is 31.1 Å². The van der Waals surface area contributed by atoms with E-state index in [-0.39, 0.29) is 6.71 Å². The maximum Gasteiger partial charge on any atom is 0.252 e. The van der Waals surface area contributed by atoms with Gasteiger partial charge < -0.3 is 19.3 Å².